The van der Waals surface area contributed by atoms with Gasteiger partial charge in [0.2, 0.25) is 0 Å². The number of hydrogen-bond acceptors (Lipinski definition) is 1. The van der Waals surface area contributed by atoms with E-state index in [1.165, 1.54) is 16.9 Å². The van der Waals surface area contributed by atoms with Crippen LogP contribution in [-0.4, -0.2) is 16.9 Å². The molecule has 2 atom stereocenters. The van der Waals surface area contributed by atoms with Crippen molar-refractivity contribution in [2.45, 2.75) is 38.0 Å². The minimum absolute atomic E-state index is 0.247. The SMILES string of the molecule is CC(C)(C)c1ccc(CC2CSCC2Cl)cc1. The molecular weight excluding hydrogens is 248 g/mol. The molecular formula is C15H21ClS. The molecule has 2 unspecified atom stereocenters. The lowest BCUT2D eigenvalue weighted by molar-refractivity contribution is 0.586. The fraction of sp³-hybridized carbons (Fsp3) is 0.600. The van der Waals surface area contributed by atoms with Crippen LogP contribution in [0.25, 0.3) is 0 Å². The maximum absolute atomic E-state index is 6.31. The van der Waals surface area contributed by atoms with Crippen LogP contribution in [-0.2, 0) is 11.8 Å². The molecule has 1 saturated heterocycles. The van der Waals surface area contributed by atoms with E-state index in [1.54, 1.807) is 0 Å². The van der Waals surface area contributed by atoms with Crippen molar-refractivity contribution in [2.75, 3.05) is 11.5 Å². The zero-order valence-electron chi connectivity index (χ0n) is 10.9. The van der Waals surface area contributed by atoms with Crippen LogP contribution in [0.1, 0.15) is 31.9 Å². The summed E-state index contributed by atoms with van der Waals surface area (Å²) in [6.07, 6.45) is 1.13. The summed E-state index contributed by atoms with van der Waals surface area (Å²) in [6, 6.07) is 9.07. The highest BCUT2D eigenvalue weighted by atomic mass is 35.5. The molecule has 1 aromatic rings. The lowest BCUT2D eigenvalue weighted by Gasteiger charge is -2.20. The minimum Gasteiger partial charge on any atom is -0.160 e. The van der Waals surface area contributed by atoms with Crippen molar-refractivity contribution < 1.29 is 0 Å². The zero-order chi connectivity index (χ0) is 12.5. The van der Waals surface area contributed by atoms with E-state index in [1.807, 2.05) is 11.8 Å². The van der Waals surface area contributed by atoms with Crippen molar-refractivity contribution in [1.29, 1.82) is 0 Å². The molecule has 0 aromatic heterocycles. The Bertz CT molecular complexity index is 364. The van der Waals surface area contributed by atoms with Crippen LogP contribution in [0.5, 0.6) is 0 Å². The van der Waals surface area contributed by atoms with Crippen LogP contribution >= 0.6 is 23.4 Å². The van der Waals surface area contributed by atoms with Crippen molar-refractivity contribution >= 4 is 23.4 Å². The number of benzene rings is 1. The van der Waals surface area contributed by atoms with E-state index in [0.29, 0.717) is 11.3 Å². The van der Waals surface area contributed by atoms with Gasteiger partial charge in [0.15, 0.2) is 0 Å². The Morgan fingerprint density at radius 1 is 1.18 bits per heavy atom. The number of hydrogen-bond donors (Lipinski definition) is 0. The van der Waals surface area contributed by atoms with E-state index in [-0.39, 0.29) is 5.41 Å². The Morgan fingerprint density at radius 2 is 1.82 bits per heavy atom. The zero-order valence-corrected chi connectivity index (χ0v) is 12.4. The quantitative estimate of drug-likeness (QED) is 0.712. The molecule has 1 heterocycles. The molecule has 0 nitrogen and oxygen atoms in total. The van der Waals surface area contributed by atoms with Crippen LogP contribution in [0, 0.1) is 5.92 Å². The smallest absolute Gasteiger partial charge is 0.0465 e. The normalized spacial score (nSPS) is 25.2. The van der Waals surface area contributed by atoms with Crippen molar-refractivity contribution in [1.82, 2.24) is 0 Å². The van der Waals surface area contributed by atoms with Crippen LogP contribution in [0.2, 0.25) is 0 Å². The average molecular weight is 269 g/mol. The van der Waals surface area contributed by atoms with Gasteiger partial charge >= 0.3 is 0 Å². The fourth-order valence-corrected chi connectivity index (χ4v) is 4.04. The summed E-state index contributed by atoms with van der Waals surface area (Å²) in [6.45, 7) is 6.76. The molecule has 0 amide bonds. The molecule has 2 rings (SSSR count). The van der Waals surface area contributed by atoms with Gasteiger partial charge in [-0.05, 0) is 34.6 Å². The third-order valence-corrected chi connectivity index (χ3v) is 5.39. The molecule has 0 bridgehead atoms. The van der Waals surface area contributed by atoms with Gasteiger partial charge in [0.1, 0.15) is 0 Å². The van der Waals surface area contributed by atoms with Gasteiger partial charge < -0.3 is 0 Å². The molecule has 1 aliphatic rings. The van der Waals surface area contributed by atoms with Gasteiger partial charge in [-0.25, -0.2) is 0 Å². The van der Waals surface area contributed by atoms with Gasteiger partial charge in [-0.15, -0.1) is 11.6 Å². The van der Waals surface area contributed by atoms with E-state index in [0.717, 1.165) is 12.2 Å². The molecule has 1 fully saturated rings. The molecule has 0 saturated carbocycles. The molecule has 0 N–H and O–H groups in total. The molecule has 94 valence electrons. The third kappa shape index (κ3) is 3.42. The van der Waals surface area contributed by atoms with Crippen molar-refractivity contribution in [3.63, 3.8) is 0 Å². The van der Waals surface area contributed by atoms with Crippen molar-refractivity contribution in [3.8, 4) is 0 Å². The van der Waals surface area contributed by atoms with Gasteiger partial charge in [-0.2, -0.15) is 11.8 Å². The fourth-order valence-electron chi connectivity index (χ4n) is 2.20. The minimum atomic E-state index is 0.247. The average Bonchev–Trinajstić information content (AvgIpc) is 2.64. The van der Waals surface area contributed by atoms with E-state index in [2.05, 4.69) is 45.0 Å². The van der Waals surface area contributed by atoms with Crippen molar-refractivity contribution in [2.24, 2.45) is 5.92 Å². The topological polar surface area (TPSA) is 0 Å². The molecule has 0 spiro atoms. The lowest BCUT2D eigenvalue weighted by Crippen LogP contribution is -2.15. The number of halogens is 1. The Morgan fingerprint density at radius 3 is 2.29 bits per heavy atom. The lowest BCUT2D eigenvalue weighted by atomic mass is 9.86. The predicted molar refractivity (Wildman–Crippen MR) is 79.3 cm³/mol. The second-order valence-electron chi connectivity index (χ2n) is 5.96. The summed E-state index contributed by atoms with van der Waals surface area (Å²) in [7, 11) is 0. The Balaban J connectivity index is 2.03. The third-order valence-electron chi connectivity index (χ3n) is 3.44. The largest absolute Gasteiger partial charge is 0.160 e. The summed E-state index contributed by atoms with van der Waals surface area (Å²) in [4.78, 5) is 0. The first-order chi connectivity index (χ1) is 7.97. The van der Waals surface area contributed by atoms with E-state index in [4.69, 9.17) is 11.6 Å². The van der Waals surface area contributed by atoms with Crippen LogP contribution in [0.4, 0.5) is 0 Å². The van der Waals surface area contributed by atoms with Crippen molar-refractivity contribution in [3.05, 3.63) is 35.4 Å². The van der Waals surface area contributed by atoms with Crippen LogP contribution < -0.4 is 0 Å². The van der Waals surface area contributed by atoms with Gasteiger partial charge in [0.25, 0.3) is 0 Å². The monoisotopic (exact) mass is 268 g/mol. The van der Waals surface area contributed by atoms with Crippen LogP contribution in [0.15, 0.2) is 24.3 Å². The number of thioether (sulfide) groups is 1. The van der Waals surface area contributed by atoms with Gasteiger partial charge in [-0.1, -0.05) is 45.0 Å². The Labute approximate surface area is 114 Å². The maximum Gasteiger partial charge on any atom is 0.0465 e. The van der Waals surface area contributed by atoms with Gasteiger partial charge in [0, 0.05) is 11.1 Å². The summed E-state index contributed by atoms with van der Waals surface area (Å²) < 4.78 is 0. The Hall–Kier alpha value is -0.140. The highest BCUT2D eigenvalue weighted by Gasteiger charge is 2.25. The summed E-state index contributed by atoms with van der Waals surface area (Å²) in [5, 5.41) is 0.363. The first-order valence-corrected chi connectivity index (χ1v) is 7.87. The summed E-state index contributed by atoms with van der Waals surface area (Å²) in [5.74, 6) is 2.99. The Kier molecular flexibility index (Phi) is 4.10. The van der Waals surface area contributed by atoms with Gasteiger partial charge in [-0.3, -0.25) is 0 Å². The maximum atomic E-state index is 6.31. The molecule has 2 heteroatoms. The van der Waals surface area contributed by atoms with Gasteiger partial charge in [0.05, 0.1) is 0 Å². The highest BCUT2D eigenvalue weighted by molar-refractivity contribution is 7.99. The van der Waals surface area contributed by atoms with E-state index in [9.17, 15) is 0 Å². The number of rotatable bonds is 2. The second-order valence-corrected chi connectivity index (χ2v) is 7.60. The first-order valence-electron chi connectivity index (χ1n) is 6.28. The highest BCUT2D eigenvalue weighted by Crippen LogP contribution is 2.31. The predicted octanol–water partition coefficient (Wildman–Crippen LogP) is 4.50. The van der Waals surface area contributed by atoms with E-state index >= 15 is 0 Å². The van der Waals surface area contributed by atoms with Crippen LogP contribution in [0.3, 0.4) is 0 Å². The van der Waals surface area contributed by atoms with E-state index < -0.39 is 0 Å². The molecule has 0 radical (unpaired) electrons. The molecule has 0 aliphatic carbocycles. The second kappa shape index (κ2) is 5.24. The number of alkyl halides is 1. The summed E-state index contributed by atoms with van der Waals surface area (Å²) in [5.41, 5.74) is 3.08. The molecule has 17 heavy (non-hydrogen) atoms. The summed E-state index contributed by atoms with van der Waals surface area (Å²) >= 11 is 8.30. The molecule has 1 aliphatic heterocycles. The standard InChI is InChI=1S/C15H21ClS/c1-15(2,3)13-6-4-11(5-7-13)8-12-9-17-10-14(12)16/h4-7,12,14H,8-10H2,1-3H3. The first kappa shape index (κ1) is 13.3. The molecule has 1 aromatic carbocycles.